The molecule has 0 atom stereocenters. The second-order valence-corrected chi connectivity index (χ2v) is 10.1. The van der Waals surface area contributed by atoms with Crippen LogP contribution in [0.3, 0.4) is 0 Å². The highest BCUT2D eigenvalue weighted by atomic mass is 32.2. The van der Waals surface area contributed by atoms with E-state index in [1.165, 1.54) is 11.3 Å². The Morgan fingerprint density at radius 2 is 1.93 bits per heavy atom. The van der Waals surface area contributed by atoms with E-state index in [1.54, 1.807) is 19.1 Å². The first kappa shape index (κ1) is 22.3. The zero-order valence-electron chi connectivity index (χ0n) is 17.4. The van der Waals surface area contributed by atoms with Gasteiger partial charge in [-0.1, -0.05) is 25.1 Å². The molecule has 1 aliphatic rings. The lowest BCUT2D eigenvalue weighted by Gasteiger charge is -2.24. The molecule has 1 N–H and O–H groups in total. The van der Waals surface area contributed by atoms with E-state index in [4.69, 9.17) is 4.74 Å². The molecule has 1 aromatic heterocycles. The number of hydrogen-bond acceptors (Lipinski definition) is 6. The van der Waals surface area contributed by atoms with Gasteiger partial charge >= 0.3 is 5.97 Å². The fourth-order valence-corrected chi connectivity index (χ4v) is 5.82. The molecule has 9 heteroatoms. The van der Waals surface area contributed by atoms with Crippen molar-refractivity contribution in [1.82, 2.24) is 0 Å². The van der Waals surface area contributed by atoms with Crippen molar-refractivity contribution in [3.8, 4) is 0 Å². The van der Waals surface area contributed by atoms with Crippen molar-refractivity contribution >= 4 is 43.9 Å². The van der Waals surface area contributed by atoms with Crippen molar-refractivity contribution in [2.45, 2.75) is 39.5 Å². The zero-order valence-corrected chi connectivity index (χ0v) is 19.0. The predicted octanol–water partition coefficient (Wildman–Crippen LogP) is 3.38. The molecular formula is C21H26N2O5S2. The number of fused-ring (bicyclic) bond motifs is 1. The van der Waals surface area contributed by atoms with E-state index in [-0.39, 0.29) is 13.2 Å². The number of nitrogens with one attached hydrogen (secondary N) is 1. The standard InChI is InChI=1S/C21H26N2O5S2/c1-4-14-9-6-7-11-16(14)23(30(3,26)27)13-18(24)22-20-19(21(25)28-5-2)15-10-8-12-17(15)29-20/h6-7,9,11H,4-5,8,10,12-13H2,1-3H3,(H,22,24). The van der Waals surface area contributed by atoms with E-state index in [1.807, 2.05) is 19.1 Å². The summed E-state index contributed by atoms with van der Waals surface area (Å²) in [5.41, 5.74) is 2.66. The van der Waals surface area contributed by atoms with E-state index in [9.17, 15) is 18.0 Å². The number of esters is 1. The number of sulfonamides is 1. The number of ether oxygens (including phenoxy) is 1. The molecule has 1 aromatic carbocycles. The third-order valence-electron chi connectivity index (χ3n) is 4.98. The van der Waals surface area contributed by atoms with Gasteiger partial charge < -0.3 is 10.1 Å². The monoisotopic (exact) mass is 450 g/mol. The van der Waals surface area contributed by atoms with Gasteiger partial charge in [-0.05, 0) is 49.8 Å². The van der Waals surface area contributed by atoms with Gasteiger partial charge in [-0.15, -0.1) is 11.3 Å². The van der Waals surface area contributed by atoms with E-state index >= 15 is 0 Å². The van der Waals surface area contributed by atoms with Crippen LogP contribution < -0.4 is 9.62 Å². The van der Waals surface area contributed by atoms with Crippen molar-refractivity contribution in [1.29, 1.82) is 0 Å². The number of benzene rings is 1. The minimum absolute atomic E-state index is 0.243. The van der Waals surface area contributed by atoms with Crippen LogP contribution in [0.5, 0.6) is 0 Å². The van der Waals surface area contributed by atoms with Gasteiger partial charge in [0.25, 0.3) is 0 Å². The fourth-order valence-electron chi connectivity index (χ4n) is 3.64. The van der Waals surface area contributed by atoms with Gasteiger partial charge in [-0.2, -0.15) is 0 Å². The van der Waals surface area contributed by atoms with Crippen molar-refractivity contribution in [3.63, 3.8) is 0 Å². The van der Waals surface area contributed by atoms with E-state index in [2.05, 4.69) is 5.32 Å². The van der Waals surface area contributed by atoms with Crippen LogP contribution in [0.2, 0.25) is 0 Å². The molecule has 3 rings (SSSR count). The minimum Gasteiger partial charge on any atom is -0.462 e. The molecule has 0 unspecified atom stereocenters. The molecule has 0 saturated carbocycles. The highest BCUT2D eigenvalue weighted by Crippen LogP contribution is 2.39. The number of rotatable bonds is 8. The Bertz CT molecular complexity index is 1060. The summed E-state index contributed by atoms with van der Waals surface area (Å²) in [4.78, 5) is 26.4. The molecule has 162 valence electrons. The second kappa shape index (κ2) is 9.18. The third-order valence-corrected chi connectivity index (χ3v) is 7.32. The Morgan fingerprint density at radius 3 is 2.60 bits per heavy atom. The van der Waals surface area contributed by atoms with Crippen LogP contribution in [0.1, 0.15) is 46.6 Å². The molecule has 0 fully saturated rings. The van der Waals surface area contributed by atoms with Crippen molar-refractivity contribution in [3.05, 3.63) is 45.8 Å². The first-order valence-electron chi connectivity index (χ1n) is 9.93. The summed E-state index contributed by atoms with van der Waals surface area (Å²) in [5.74, 6) is -0.958. The van der Waals surface area contributed by atoms with Crippen LogP contribution in [-0.2, 0) is 38.8 Å². The van der Waals surface area contributed by atoms with Crippen LogP contribution in [0.25, 0.3) is 0 Å². The molecular weight excluding hydrogens is 424 g/mol. The molecule has 1 amide bonds. The highest BCUT2D eigenvalue weighted by molar-refractivity contribution is 7.92. The van der Waals surface area contributed by atoms with Crippen molar-refractivity contribution in [2.24, 2.45) is 0 Å². The number of anilines is 2. The maximum absolute atomic E-state index is 12.8. The molecule has 0 bridgehead atoms. The summed E-state index contributed by atoms with van der Waals surface area (Å²) in [6.07, 6.45) is 4.32. The second-order valence-electron chi connectivity index (χ2n) is 7.08. The molecule has 0 spiro atoms. The quantitative estimate of drug-likeness (QED) is 0.623. The lowest BCUT2D eigenvalue weighted by Crippen LogP contribution is -2.38. The van der Waals surface area contributed by atoms with Gasteiger partial charge in [0.15, 0.2) is 0 Å². The Morgan fingerprint density at radius 1 is 1.20 bits per heavy atom. The maximum Gasteiger partial charge on any atom is 0.341 e. The Balaban J connectivity index is 1.88. The van der Waals surface area contributed by atoms with Gasteiger partial charge in [-0.25, -0.2) is 13.2 Å². The predicted molar refractivity (Wildman–Crippen MR) is 119 cm³/mol. The molecule has 0 radical (unpaired) electrons. The van der Waals surface area contributed by atoms with Crippen LogP contribution in [-0.4, -0.2) is 39.7 Å². The van der Waals surface area contributed by atoms with Gasteiger partial charge in [0, 0.05) is 4.88 Å². The van der Waals surface area contributed by atoms with Gasteiger partial charge in [0.1, 0.15) is 11.5 Å². The number of carbonyl (C=O) groups excluding carboxylic acids is 2. The van der Waals surface area contributed by atoms with Crippen molar-refractivity contribution < 1.29 is 22.7 Å². The molecule has 0 aliphatic heterocycles. The summed E-state index contributed by atoms with van der Waals surface area (Å²) >= 11 is 1.37. The zero-order chi connectivity index (χ0) is 21.9. The Labute approximate surface area is 181 Å². The number of para-hydroxylation sites is 1. The molecule has 2 aromatic rings. The number of amides is 1. The number of thiophene rings is 1. The SMILES string of the molecule is CCOC(=O)c1c(NC(=O)CN(c2ccccc2CC)S(C)(=O)=O)sc2c1CCC2. The lowest BCUT2D eigenvalue weighted by molar-refractivity contribution is -0.114. The normalized spacial score (nSPS) is 13.0. The first-order chi connectivity index (χ1) is 14.3. The number of nitrogens with zero attached hydrogens (tertiary/aromatic N) is 1. The molecule has 1 aliphatic carbocycles. The highest BCUT2D eigenvalue weighted by Gasteiger charge is 2.29. The van der Waals surface area contributed by atoms with E-state index < -0.39 is 21.9 Å². The summed E-state index contributed by atoms with van der Waals surface area (Å²) in [7, 11) is -3.69. The minimum atomic E-state index is -3.69. The van der Waals surface area contributed by atoms with Crippen LogP contribution in [0, 0.1) is 0 Å². The number of hydrogen-bond donors (Lipinski definition) is 1. The summed E-state index contributed by atoms with van der Waals surface area (Å²) < 4.78 is 31.2. The smallest absolute Gasteiger partial charge is 0.341 e. The summed E-state index contributed by atoms with van der Waals surface area (Å²) in [6.45, 7) is 3.53. The topological polar surface area (TPSA) is 92.8 Å². The summed E-state index contributed by atoms with van der Waals surface area (Å²) in [6, 6.07) is 7.11. The summed E-state index contributed by atoms with van der Waals surface area (Å²) in [5, 5.41) is 3.19. The van der Waals surface area contributed by atoms with E-state index in [0.29, 0.717) is 22.7 Å². The Kier molecular flexibility index (Phi) is 6.82. The van der Waals surface area contributed by atoms with Gasteiger partial charge in [0.2, 0.25) is 15.9 Å². The first-order valence-corrected chi connectivity index (χ1v) is 12.6. The van der Waals surface area contributed by atoms with Crippen LogP contribution in [0.15, 0.2) is 24.3 Å². The maximum atomic E-state index is 12.8. The van der Waals surface area contributed by atoms with Gasteiger partial charge in [0.05, 0.1) is 24.1 Å². The van der Waals surface area contributed by atoms with E-state index in [0.717, 1.165) is 45.8 Å². The van der Waals surface area contributed by atoms with Crippen LogP contribution in [0.4, 0.5) is 10.7 Å². The number of aryl methyl sites for hydroxylation is 2. The molecule has 7 nitrogen and oxygen atoms in total. The average Bonchev–Trinajstić information content (AvgIpc) is 3.26. The average molecular weight is 451 g/mol. The van der Waals surface area contributed by atoms with Gasteiger partial charge in [-0.3, -0.25) is 9.10 Å². The molecule has 30 heavy (non-hydrogen) atoms. The Hall–Kier alpha value is -2.39. The van der Waals surface area contributed by atoms with Crippen LogP contribution >= 0.6 is 11.3 Å². The van der Waals surface area contributed by atoms with Crippen molar-refractivity contribution in [2.75, 3.05) is 29.0 Å². The third kappa shape index (κ3) is 4.67. The fraction of sp³-hybridized carbons (Fsp3) is 0.429. The number of carbonyl (C=O) groups is 2. The lowest BCUT2D eigenvalue weighted by atomic mass is 10.1. The largest absolute Gasteiger partial charge is 0.462 e. The molecule has 1 heterocycles. The molecule has 0 saturated heterocycles.